The van der Waals surface area contributed by atoms with E-state index in [0.29, 0.717) is 12.8 Å². The van der Waals surface area contributed by atoms with Gasteiger partial charge in [-0.3, -0.25) is 0 Å². The van der Waals surface area contributed by atoms with Crippen molar-refractivity contribution in [2.75, 3.05) is 0 Å². The van der Waals surface area contributed by atoms with Gasteiger partial charge in [-0.2, -0.15) is 0 Å². The Morgan fingerprint density at radius 1 is 1.36 bits per heavy atom. The zero-order valence-electron chi connectivity index (χ0n) is 7.53. The number of fused-ring (bicyclic) bond motifs is 1. The normalized spacial score (nSPS) is 19.0. The van der Waals surface area contributed by atoms with Crippen LogP contribution < -0.4 is 5.32 Å². The van der Waals surface area contributed by atoms with Crippen molar-refractivity contribution in [3.63, 3.8) is 0 Å². The van der Waals surface area contributed by atoms with Crippen molar-refractivity contribution in [3.05, 3.63) is 29.3 Å². The van der Waals surface area contributed by atoms with E-state index in [-0.39, 0.29) is 11.8 Å². The molecule has 4 nitrogen and oxygen atoms in total. The fourth-order valence-corrected chi connectivity index (χ4v) is 1.88. The summed E-state index contributed by atoms with van der Waals surface area (Å²) in [5.74, 6) is 0.236. The SMILES string of the molecule is O=C(O)NC1Cc2ccc(O)cc2C1. The lowest BCUT2D eigenvalue weighted by molar-refractivity contribution is 0.190. The molecule has 1 atom stereocenters. The van der Waals surface area contributed by atoms with Gasteiger partial charge in [0.1, 0.15) is 5.75 Å². The summed E-state index contributed by atoms with van der Waals surface area (Å²) in [4.78, 5) is 10.4. The van der Waals surface area contributed by atoms with Crippen molar-refractivity contribution >= 4 is 6.09 Å². The molecule has 0 spiro atoms. The third-order valence-corrected chi connectivity index (χ3v) is 2.45. The van der Waals surface area contributed by atoms with E-state index >= 15 is 0 Å². The highest BCUT2D eigenvalue weighted by atomic mass is 16.4. The molecule has 0 aromatic heterocycles. The van der Waals surface area contributed by atoms with Gasteiger partial charge in [-0.1, -0.05) is 6.07 Å². The van der Waals surface area contributed by atoms with Crippen LogP contribution in [0.3, 0.4) is 0 Å². The Morgan fingerprint density at radius 2 is 2.07 bits per heavy atom. The van der Waals surface area contributed by atoms with Crippen LogP contribution in [0, 0.1) is 0 Å². The number of carboxylic acid groups (broad SMARTS) is 1. The van der Waals surface area contributed by atoms with Crippen molar-refractivity contribution < 1.29 is 15.0 Å². The van der Waals surface area contributed by atoms with Crippen molar-refractivity contribution in [1.29, 1.82) is 0 Å². The molecule has 0 saturated heterocycles. The van der Waals surface area contributed by atoms with Crippen LogP contribution in [-0.4, -0.2) is 22.3 Å². The Hall–Kier alpha value is -1.71. The van der Waals surface area contributed by atoms with Gasteiger partial charge in [0, 0.05) is 6.04 Å². The van der Waals surface area contributed by atoms with E-state index in [2.05, 4.69) is 5.32 Å². The Balaban J connectivity index is 2.14. The molecule has 3 N–H and O–H groups in total. The summed E-state index contributed by atoms with van der Waals surface area (Å²) < 4.78 is 0. The largest absolute Gasteiger partial charge is 0.508 e. The van der Waals surface area contributed by atoms with Gasteiger partial charge in [0.2, 0.25) is 0 Å². The maximum Gasteiger partial charge on any atom is 0.404 e. The summed E-state index contributed by atoms with van der Waals surface area (Å²) in [7, 11) is 0. The zero-order chi connectivity index (χ0) is 10.1. The van der Waals surface area contributed by atoms with Crippen LogP contribution in [-0.2, 0) is 12.8 Å². The molecule has 74 valence electrons. The standard InChI is InChI=1S/C10H11NO3/c12-9-2-1-6-3-8(11-10(13)14)4-7(6)5-9/h1-2,5,8,11-12H,3-4H2,(H,13,14). The van der Waals surface area contributed by atoms with Crippen molar-refractivity contribution in [2.45, 2.75) is 18.9 Å². The van der Waals surface area contributed by atoms with Gasteiger partial charge in [-0.05, 0) is 36.1 Å². The third kappa shape index (κ3) is 1.64. The number of hydrogen-bond donors (Lipinski definition) is 3. The van der Waals surface area contributed by atoms with E-state index in [1.807, 2.05) is 6.07 Å². The second-order valence-corrected chi connectivity index (χ2v) is 3.51. The first-order chi connectivity index (χ1) is 6.65. The highest BCUT2D eigenvalue weighted by Crippen LogP contribution is 2.25. The van der Waals surface area contributed by atoms with E-state index in [0.717, 1.165) is 11.1 Å². The summed E-state index contributed by atoms with van der Waals surface area (Å²) in [5.41, 5.74) is 2.14. The molecule has 1 aliphatic rings. The van der Waals surface area contributed by atoms with Crippen LogP contribution in [0.1, 0.15) is 11.1 Å². The third-order valence-electron chi connectivity index (χ3n) is 2.45. The van der Waals surface area contributed by atoms with Crippen LogP contribution >= 0.6 is 0 Å². The molecule has 2 rings (SSSR count). The highest BCUT2D eigenvalue weighted by molar-refractivity contribution is 5.65. The number of rotatable bonds is 1. The topological polar surface area (TPSA) is 69.6 Å². The van der Waals surface area contributed by atoms with Gasteiger partial charge < -0.3 is 15.5 Å². The number of aromatic hydroxyl groups is 1. The van der Waals surface area contributed by atoms with Crippen molar-refractivity contribution in [2.24, 2.45) is 0 Å². The Bertz CT molecular complexity index is 376. The van der Waals surface area contributed by atoms with Crippen LogP contribution in [0.4, 0.5) is 4.79 Å². The smallest absolute Gasteiger partial charge is 0.404 e. The number of benzene rings is 1. The molecular formula is C10H11NO3. The maximum atomic E-state index is 10.4. The van der Waals surface area contributed by atoms with Crippen LogP contribution in [0.25, 0.3) is 0 Å². The summed E-state index contributed by atoms with van der Waals surface area (Å²) in [6, 6.07) is 5.11. The van der Waals surface area contributed by atoms with Gasteiger partial charge >= 0.3 is 6.09 Å². The molecule has 1 aromatic rings. The van der Waals surface area contributed by atoms with Gasteiger partial charge in [0.05, 0.1) is 0 Å². The molecule has 0 aliphatic heterocycles. The lowest BCUT2D eigenvalue weighted by atomic mass is 10.1. The highest BCUT2D eigenvalue weighted by Gasteiger charge is 2.22. The van der Waals surface area contributed by atoms with Crippen molar-refractivity contribution in [3.8, 4) is 5.75 Å². The first-order valence-electron chi connectivity index (χ1n) is 4.45. The molecule has 4 heteroatoms. The average molecular weight is 193 g/mol. The molecule has 1 unspecified atom stereocenters. The minimum absolute atomic E-state index is 0.0516. The number of carbonyl (C=O) groups is 1. The summed E-state index contributed by atoms with van der Waals surface area (Å²) in [5, 5.41) is 20.2. The first kappa shape index (κ1) is 8.87. The quantitative estimate of drug-likeness (QED) is 0.626. The molecule has 0 fully saturated rings. The molecule has 0 saturated carbocycles. The minimum Gasteiger partial charge on any atom is -0.508 e. The van der Waals surface area contributed by atoms with E-state index in [4.69, 9.17) is 5.11 Å². The molecule has 0 heterocycles. The minimum atomic E-state index is -0.993. The number of amides is 1. The molecule has 1 aromatic carbocycles. The zero-order valence-corrected chi connectivity index (χ0v) is 7.53. The molecule has 0 radical (unpaired) electrons. The molecule has 14 heavy (non-hydrogen) atoms. The van der Waals surface area contributed by atoms with Crippen LogP contribution in [0.15, 0.2) is 18.2 Å². The summed E-state index contributed by atoms with van der Waals surface area (Å²) in [6.45, 7) is 0. The Labute approximate surface area is 81.2 Å². The number of nitrogens with one attached hydrogen (secondary N) is 1. The number of hydrogen-bond acceptors (Lipinski definition) is 2. The van der Waals surface area contributed by atoms with E-state index in [9.17, 15) is 9.90 Å². The number of phenols is 1. The van der Waals surface area contributed by atoms with E-state index in [1.165, 1.54) is 0 Å². The monoisotopic (exact) mass is 193 g/mol. The van der Waals surface area contributed by atoms with Gasteiger partial charge in [-0.25, -0.2) is 4.79 Å². The summed E-state index contributed by atoms with van der Waals surface area (Å²) in [6.07, 6.45) is 0.379. The lowest BCUT2D eigenvalue weighted by Crippen LogP contribution is -2.33. The van der Waals surface area contributed by atoms with E-state index in [1.54, 1.807) is 12.1 Å². The predicted octanol–water partition coefficient (Wildman–Crippen LogP) is 1.13. The first-order valence-corrected chi connectivity index (χ1v) is 4.45. The molecule has 0 bridgehead atoms. The Morgan fingerprint density at radius 3 is 2.79 bits per heavy atom. The number of phenolic OH excluding ortho intramolecular Hbond substituents is 1. The second-order valence-electron chi connectivity index (χ2n) is 3.51. The van der Waals surface area contributed by atoms with Gasteiger partial charge in [-0.15, -0.1) is 0 Å². The average Bonchev–Trinajstić information content (AvgIpc) is 2.44. The van der Waals surface area contributed by atoms with Crippen molar-refractivity contribution in [1.82, 2.24) is 5.32 Å². The maximum absolute atomic E-state index is 10.4. The summed E-state index contributed by atoms with van der Waals surface area (Å²) >= 11 is 0. The Kier molecular flexibility index (Phi) is 2.04. The fourth-order valence-electron chi connectivity index (χ4n) is 1.88. The molecule has 1 aliphatic carbocycles. The lowest BCUT2D eigenvalue weighted by Gasteiger charge is -2.07. The van der Waals surface area contributed by atoms with Crippen LogP contribution in [0.2, 0.25) is 0 Å². The predicted molar refractivity (Wildman–Crippen MR) is 50.5 cm³/mol. The van der Waals surface area contributed by atoms with Crippen LogP contribution in [0.5, 0.6) is 5.75 Å². The van der Waals surface area contributed by atoms with Gasteiger partial charge in [0.15, 0.2) is 0 Å². The van der Waals surface area contributed by atoms with Gasteiger partial charge in [0.25, 0.3) is 0 Å². The van der Waals surface area contributed by atoms with E-state index < -0.39 is 6.09 Å². The fraction of sp³-hybridized carbons (Fsp3) is 0.300. The second kappa shape index (κ2) is 3.21. The molecule has 1 amide bonds. The molecular weight excluding hydrogens is 182 g/mol.